The molecule has 4 heteroatoms. The second-order valence-corrected chi connectivity index (χ2v) is 10.4. The zero-order valence-electron chi connectivity index (χ0n) is 21.3. The lowest BCUT2D eigenvalue weighted by Gasteiger charge is -2.38. The van der Waals surface area contributed by atoms with Crippen LogP contribution in [-0.4, -0.2) is 60.0 Å². The first-order valence-corrected chi connectivity index (χ1v) is 13.7. The number of carbonyl (C=O) groups is 1. The Morgan fingerprint density at radius 2 is 1.22 bits per heavy atom. The molecule has 4 nitrogen and oxygen atoms in total. The smallest absolute Gasteiger partial charge is 0.320 e. The topological polar surface area (TPSA) is 26.8 Å². The molecule has 5 rings (SSSR count). The average molecular weight is 482 g/mol. The maximum Gasteiger partial charge on any atom is 0.320 e. The van der Waals surface area contributed by atoms with Crippen LogP contribution in [0.2, 0.25) is 0 Å². The van der Waals surface area contributed by atoms with Gasteiger partial charge in [0.25, 0.3) is 0 Å². The summed E-state index contributed by atoms with van der Waals surface area (Å²) < 4.78 is 0. The Morgan fingerprint density at radius 3 is 1.83 bits per heavy atom. The predicted molar refractivity (Wildman–Crippen MR) is 147 cm³/mol. The molecule has 2 heterocycles. The van der Waals surface area contributed by atoms with E-state index in [1.165, 1.54) is 29.5 Å². The van der Waals surface area contributed by atoms with Gasteiger partial charge in [0.1, 0.15) is 0 Å². The molecule has 2 fully saturated rings. The van der Waals surface area contributed by atoms with Gasteiger partial charge in [-0.2, -0.15) is 0 Å². The molecule has 0 spiro atoms. The third kappa shape index (κ3) is 6.17. The van der Waals surface area contributed by atoms with Crippen molar-refractivity contribution in [2.75, 3.05) is 39.3 Å². The molecule has 0 unspecified atom stereocenters. The molecule has 2 saturated heterocycles. The van der Waals surface area contributed by atoms with E-state index < -0.39 is 0 Å². The van der Waals surface area contributed by atoms with Crippen LogP contribution in [0.3, 0.4) is 0 Å². The van der Waals surface area contributed by atoms with Crippen molar-refractivity contribution >= 4 is 6.03 Å². The van der Waals surface area contributed by atoms with Crippen LogP contribution in [0.25, 0.3) is 0 Å². The standard InChI is InChI=1S/C32H39N3O/c36-32-34(22-11-23-35(32)26-27-12-4-1-5-13-27)21-10-20-33-24-18-30(19-25-33)31(28-14-6-2-7-15-28)29-16-8-3-9-17-29/h1-9,12-17,30-31H,10-11,18-26H2. The number of likely N-dealkylation sites (tertiary alicyclic amines) is 1. The zero-order valence-corrected chi connectivity index (χ0v) is 21.3. The molecule has 0 aliphatic carbocycles. The quantitative estimate of drug-likeness (QED) is 0.361. The molecule has 0 bridgehead atoms. The molecule has 0 radical (unpaired) electrons. The SMILES string of the molecule is O=C1N(CCCN2CCC(C(c3ccccc3)c3ccccc3)CC2)CCCN1Cc1ccccc1. The van der Waals surface area contributed by atoms with E-state index in [-0.39, 0.29) is 6.03 Å². The molecule has 0 aromatic heterocycles. The summed E-state index contributed by atoms with van der Waals surface area (Å²) in [5.74, 6) is 1.14. The fraction of sp³-hybridized carbons (Fsp3) is 0.406. The number of nitrogens with zero attached hydrogens (tertiary/aromatic N) is 3. The highest BCUT2D eigenvalue weighted by atomic mass is 16.2. The van der Waals surface area contributed by atoms with E-state index in [0.717, 1.165) is 52.1 Å². The van der Waals surface area contributed by atoms with Crippen molar-refractivity contribution in [3.63, 3.8) is 0 Å². The summed E-state index contributed by atoms with van der Waals surface area (Å²) >= 11 is 0. The highest BCUT2D eigenvalue weighted by Gasteiger charge is 2.29. The Kier molecular flexibility index (Phi) is 8.35. The number of hydrogen-bond donors (Lipinski definition) is 0. The van der Waals surface area contributed by atoms with E-state index in [1.54, 1.807) is 0 Å². The maximum atomic E-state index is 13.0. The Morgan fingerprint density at radius 1 is 0.667 bits per heavy atom. The summed E-state index contributed by atoms with van der Waals surface area (Å²) in [7, 11) is 0. The van der Waals surface area contributed by atoms with Gasteiger partial charge in [-0.25, -0.2) is 4.79 Å². The van der Waals surface area contributed by atoms with E-state index in [4.69, 9.17) is 0 Å². The molecule has 0 atom stereocenters. The van der Waals surface area contributed by atoms with Gasteiger partial charge >= 0.3 is 6.03 Å². The molecule has 36 heavy (non-hydrogen) atoms. The van der Waals surface area contributed by atoms with Crippen LogP contribution in [0.5, 0.6) is 0 Å². The van der Waals surface area contributed by atoms with E-state index in [1.807, 2.05) is 23.1 Å². The van der Waals surface area contributed by atoms with Crippen LogP contribution >= 0.6 is 0 Å². The van der Waals surface area contributed by atoms with Gasteiger partial charge in [0.2, 0.25) is 0 Å². The second kappa shape index (κ2) is 12.2. The molecule has 2 aliphatic rings. The lowest BCUT2D eigenvalue weighted by atomic mass is 9.76. The van der Waals surface area contributed by atoms with Gasteiger partial charge in [-0.15, -0.1) is 0 Å². The lowest BCUT2D eigenvalue weighted by Crippen LogP contribution is -2.49. The van der Waals surface area contributed by atoms with Crippen molar-refractivity contribution in [1.82, 2.24) is 14.7 Å². The molecule has 3 aromatic carbocycles. The normalized spacial score (nSPS) is 17.6. The fourth-order valence-corrected chi connectivity index (χ4v) is 6.05. The Labute approximate surface area is 216 Å². The van der Waals surface area contributed by atoms with Gasteiger partial charge in [-0.1, -0.05) is 91.0 Å². The number of urea groups is 1. The van der Waals surface area contributed by atoms with Gasteiger partial charge in [-0.3, -0.25) is 0 Å². The molecule has 188 valence electrons. The molecule has 2 aliphatic heterocycles. The molecule has 3 aromatic rings. The van der Waals surface area contributed by atoms with E-state index in [2.05, 4.69) is 82.6 Å². The molecule has 0 saturated carbocycles. The first kappa shape index (κ1) is 24.6. The van der Waals surface area contributed by atoms with Crippen molar-refractivity contribution < 1.29 is 4.79 Å². The van der Waals surface area contributed by atoms with E-state index in [0.29, 0.717) is 18.4 Å². The van der Waals surface area contributed by atoms with Gasteiger partial charge < -0.3 is 14.7 Å². The predicted octanol–water partition coefficient (Wildman–Crippen LogP) is 6.25. The van der Waals surface area contributed by atoms with E-state index in [9.17, 15) is 4.79 Å². The number of hydrogen-bond acceptors (Lipinski definition) is 2. The van der Waals surface area contributed by atoms with E-state index >= 15 is 0 Å². The average Bonchev–Trinajstić information content (AvgIpc) is 2.94. The summed E-state index contributed by atoms with van der Waals surface area (Å²) in [6.07, 6.45) is 4.56. The van der Waals surface area contributed by atoms with Crippen LogP contribution in [0.4, 0.5) is 4.79 Å². The van der Waals surface area contributed by atoms with Crippen LogP contribution in [0, 0.1) is 5.92 Å². The minimum absolute atomic E-state index is 0.206. The monoisotopic (exact) mass is 481 g/mol. The summed E-state index contributed by atoms with van der Waals surface area (Å²) in [4.78, 5) is 19.7. The molecular weight excluding hydrogens is 442 g/mol. The van der Waals surface area contributed by atoms with Crippen molar-refractivity contribution in [3.8, 4) is 0 Å². The molecular formula is C32H39N3O. The van der Waals surface area contributed by atoms with Crippen molar-refractivity contribution in [1.29, 1.82) is 0 Å². The van der Waals surface area contributed by atoms with Crippen molar-refractivity contribution in [3.05, 3.63) is 108 Å². The number of benzene rings is 3. The first-order valence-electron chi connectivity index (χ1n) is 13.7. The zero-order chi connectivity index (χ0) is 24.6. The second-order valence-electron chi connectivity index (χ2n) is 10.4. The van der Waals surface area contributed by atoms with Crippen molar-refractivity contribution in [2.24, 2.45) is 5.92 Å². The van der Waals surface area contributed by atoms with Gasteiger partial charge in [0.05, 0.1) is 0 Å². The van der Waals surface area contributed by atoms with Crippen molar-refractivity contribution in [2.45, 2.75) is 38.1 Å². The first-order chi connectivity index (χ1) is 17.8. The molecule has 0 N–H and O–H groups in total. The Balaban J connectivity index is 1.11. The highest BCUT2D eigenvalue weighted by molar-refractivity contribution is 5.75. The van der Waals surface area contributed by atoms with Crippen LogP contribution in [0.15, 0.2) is 91.0 Å². The van der Waals surface area contributed by atoms with Crippen LogP contribution in [-0.2, 0) is 6.54 Å². The summed E-state index contributed by atoms with van der Waals surface area (Å²) in [5, 5.41) is 0. The number of piperidine rings is 1. The van der Waals surface area contributed by atoms with Gasteiger partial charge in [-0.05, 0) is 67.9 Å². The summed E-state index contributed by atoms with van der Waals surface area (Å²) in [6, 6.07) is 32.6. The third-order valence-electron chi connectivity index (χ3n) is 7.94. The number of carbonyl (C=O) groups excluding carboxylic acids is 1. The maximum absolute atomic E-state index is 13.0. The Bertz CT molecular complexity index is 1020. The van der Waals surface area contributed by atoms with Gasteiger partial charge in [0.15, 0.2) is 0 Å². The minimum Gasteiger partial charge on any atom is -0.325 e. The summed E-state index contributed by atoms with van der Waals surface area (Å²) in [6.45, 7) is 6.71. The molecule has 2 amide bonds. The fourth-order valence-electron chi connectivity index (χ4n) is 6.05. The number of amides is 2. The van der Waals surface area contributed by atoms with Crippen LogP contribution < -0.4 is 0 Å². The Hall–Kier alpha value is -3.11. The minimum atomic E-state index is 0.206. The summed E-state index contributed by atoms with van der Waals surface area (Å²) in [5.41, 5.74) is 4.08. The lowest BCUT2D eigenvalue weighted by molar-refractivity contribution is 0.120. The highest BCUT2D eigenvalue weighted by Crippen LogP contribution is 2.37. The van der Waals surface area contributed by atoms with Gasteiger partial charge in [0, 0.05) is 32.1 Å². The van der Waals surface area contributed by atoms with Crippen LogP contribution in [0.1, 0.15) is 48.3 Å². The third-order valence-corrected chi connectivity index (χ3v) is 7.94. The largest absolute Gasteiger partial charge is 0.325 e. The number of rotatable bonds is 9.